The van der Waals surface area contributed by atoms with Crippen LogP contribution in [0, 0.1) is 18.3 Å². The zero-order valence-electron chi connectivity index (χ0n) is 19.8. The highest BCUT2D eigenvalue weighted by Gasteiger charge is 2.75. The first kappa shape index (κ1) is 21.6. The second kappa shape index (κ2) is 7.26. The van der Waals surface area contributed by atoms with Crippen LogP contribution in [0.3, 0.4) is 0 Å². The summed E-state index contributed by atoms with van der Waals surface area (Å²) in [6.45, 7) is 6.44. The summed E-state index contributed by atoms with van der Waals surface area (Å²) in [4.78, 5) is 19.8. The molecule has 3 aromatic rings. The van der Waals surface area contributed by atoms with Gasteiger partial charge in [-0.2, -0.15) is 0 Å². The number of aryl methyl sites for hydroxylation is 1. The number of ether oxygens (including phenoxy) is 2. The SMILES string of the molecule is COC(=O)C1C2(CO)COC1(c1nc3c(C)cc(N4CC[C@](C)(c5ccccc5)C4)cn3n1)C2. The Labute approximate surface area is 198 Å². The van der Waals surface area contributed by atoms with E-state index in [1.165, 1.54) is 12.7 Å². The van der Waals surface area contributed by atoms with Gasteiger partial charge in [0, 0.05) is 23.9 Å². The summed E-state index contributed by atoms with van der Waals surface area (Å²) < 4.78 is 13.0. The molecule has 8 heteroatoms. The number of aromatic nitrogens is 3. The molecule has 4 aliphatic rings. The Balaban J connectivity index is 1.33. The lowest BCUT2D eigenvalue weighted by Gasteiger charge is -2.48. The highest BCUT2D eigenvalue weighted by molar-refractivity contribution is 5.78. The quantitative estimate of drug-likeness (QED) is 0.583. The lowest BCUT2D eigenvalue weighted by atomic mass is 9.53. The first-order chi connectivity index (χ1) is 16.3. The Bertz CT molecular complexity index is 1280. The molecule has 0 amide bonds. The molecule has 1 N–H and O–H groups in total. The molecule has 0 spiro atoms. The van der Waals surface area contributed by atoms with Gasteiger partial charge in [-0.1, -0.05) is 37.3 Å². The average molecular weight is 463 g/mol. The molecule has 8 nitrogen and oxygen atoms in total. The molecule has 5 heterocycles. The minimum absolute atomic E-state index is 0.0988. The summed E-state index contributed by atoms with van der Waals surface area (Å²) in [6, 6.07) is 12.9. The van der Waals surface area contributed by atoms with Gasteiger partial charge in [0.2, 0.25) is 0 Å². The zero-order chi connectivity index (χ0) is 23.7. The van der Waals surface area contributed by atoms with Crippen LogP contribution in [0.25, 0.3) is 5.65 Å². The van der Waals surface area contributed by atoms with Crippen LogP contribution in [0.4, 0.5) is 5.69 Å². The monoisotopic (exact) mass is 462 g/mol. The number of carbonyl (C=O) groups is 1. The summed E-state index contributed by atoms with van der Waals surface area (Å²) in [7, 11) is 1.37. The fourth-order valence-electron chi connectivity index (χ4n) is 6.40. The van der Waals surface area contributed by atoms with Gasteiger partial charge in [-0.3, -0.25) is 4.79 Å². The fraction of sp³-hybridized carbons (Fsp3) is 0.500. The van der Waals surface area contributed by atoms with E-state index in [-0.39, 0.29) is 18.0 Å². The zero-order valence-corrected chi connectivity index (χ0v) is 19.8. The molecule has 3 saturated heterocycles. The maximum Gasteiger partial charge on any atom is 0.312 e. The predicted octanol–water partition coefficient (Wildman–Crippen LogP) is 2.60. The highest BCUT2D eigenvalue weighted by atomic mass is 16.5. The maximum absolute atomic E-state index is 12.6. The molecule has 1 saturated carbocycles. The van der Waals surface area contributed by atoms with Gasteiger partial charge in [-0.25, -0.2) is 9.50 Å². The second-order valence-corrected chi connectivity index (χ2v) is 10.5. The van der Waals surface area contributed by atoms with E-state index in [0.717, 1.165) is 36.4 Å². The number of methoxy groups -OCH3 is 1. The average Bonchev–Trinajstić information content (AvgIpc) is 3.60. The summed E-state index contributed by atoms with van der Waals surface area (Å²) >= 11 is 0. The molecule has 0 radical (unpaired) electrons. The van der Waals surface area contributed by atoms with Gasteiger partial charge >= 0.3 is 5.97 Å². The fourth-order valence-corrected chi connectivity index (χ4v) is 6.40. The third-order valence-corrected chi connectivity index (χ3v) is 8.35. The molecule has 1 aromatic carbocycles. The van der Waals surface area contributed by atoms with Crippen molar-refractivity contribution in [3.63, 3.8) is 0 Å². The van der Waals surface area contributed by atoms with E-state index < -0.39 is 16.9 Å². The highest BCUT2D eigenvalue weighted by Crippen LogP contribution is 2.66. The van der Waals surface area contributed by atoms with E-state index in [2.05, 4.69) is 48.2 Å². The van der Waals surface area contributed by atoms with Crippen molar-refractivity contribution in [3.05, 3.63) is 59.5 Å². The number of pyridine rings is 1. The topological polar surface area (TPSA) is 89.2 Å². The van der Waals surface area contributed by atoms with Crippen molar-refractivity contribution in [2.45, 2.75) is 37.7 Å². The molecule has 7 rings (SSSR count). The number of carbonyl (C=O) groups excluding carboxylic acids is 1. The Morgan fingerprint density at radius 1 is 1.32 bits per heavy atom. The first-order valence-corrected chi connectivity index (χ1v) is 11.8. The maximum atomic E-state index is 12.6. The Hall–Kier alpha value is -2.97. The van der Waals surface area contributed by atoms with E-state index in [0.29, 0.717) is 18.9 Å². The van der Waals surface area contributed by atoms with Crippen LogP contribution >= 0.6 is 0 Å². The van der Waals surface area contributed by atoms with Gasteiger partial charge in [0.05, 0.1) is 32.2 Å². The summed E-state index contributed by atoms with van der Waals surface area (Å²) in [6.07, 6.45) is 3.62. The number of hydrogen-bond acceptors (Lipinski definition) is 7. The Morgan fingerprint density at radius 3 is 2.85 bits per heavy atom. The van der Waals surface area contributed by atoms with Crippen molar-refractivity contribution in [2.75, 3.05) is 38.3 Å². The largest absolute Gasteiger partial charge is 0.469 e. The molecular formula is C26H30N4O4. The van der Waals surface area contributed by atoms with Crippen molar-refractivity contribution in [3.8, 4) is 0 Å². The molecule has 3 unspecified atom stereocenters. The number of esters is 1. The number of aliphatic hydroxyl groups excluding tert-OH is 1. The molecule has 2 bridgehead atoms. The standard InChI is InChI=1S/C26H30N4O4/c1-17-11-19(29-10-9-24(2,14-29)18-7-5-4-6-8-18)12-30-21(17)27-23(28-30)26-13-25(15-31,16-34-26)20(26)22(32)33-3/h4-8,11-12,20,31H,9-10,13-16H2,1-3H3/t20?,24-,25?,26?/m0/s1. The smallest absolute Gasteiger partial charge is 0.312 e. The van der Waals surface area contributed by atoms with E-state index in [1.54, 1.807) is 0 Å². The molecule has 34 heavy (non-hydrogen) atoms. The number of nitrogens with zero attached hydrogens (tertiary/aromatic N) is 4. The van der Waals surface area contributed by atoms with E-state index in [9.17, 15) is 9.90 Å². The number of aliphatic hydroxyl groups is 1. The number of fused-ring (bicyclic) bond motifs is 2. The number of hydrogen-bond donors (Lipinski definition) is 1. The predicted molar refractivity (Wildman–Crippen MR) is 126 cm³/mol. The van der Waals surface area contributed by atoms with Crippen LogP contribution < -0.4 is 4.90 Å². The van der Waals surface area contributed by atoms with Crippen molar-refractivity contribution >= 4 is 17.3 Å². The van der Waals surface area contributed by atoms with Gasteiger partial charge in [0.25, 0.3) is 0 Å². The van der Waals surface area contributed by atoms with Gasteiger partial charge in [0.1, 0.15) is 11.5 Å². The van der Waals surface area contributed by atoms with Crippen molar-refractivity contribution in [1.29, 1.82) is 0 Å². The van der Waals surface area contributed by atoms with Crippen LogP contribution in [-0.2, 0) is 25.3 Å². The van der Waals surface area contributed by atoms with Crippen LogP contribution in [0.5, 0.6) is 0 Å². The molecule has 4 atom stereocenters. The number of rotatable bonds is 5. The van der Waals surface area contributed by atoms with Gasteiger partial charge < -0.3 is 19.5 Å². The lowest BCUT2D eigenvalue weighted by Crippen LogP contribution is -2.58. The van der Waals surface area contributed by atoms with Crippen LogP contribution in [0.15, 0.2) is 42.6 Å². The Morgan fingerprint density at radius 2 is 2.12 bits per heavy atom. The molecule has 2 aromatic heterocycles. The van der Waals surface area contributed by atoms with Crippen LogP contribution in [0.1, 0.15) is 36.7 Å². The summed E-state index contributed by atoms with van der Waals surface area (Å²) in [5.41, 5.74) is 2.79. The molecular weight excluding hydrogens is 432 g/mol. The first-order valence-electron chi connectivity index (χ1n) is 11.8. The summed E-state index contributed by atoms with van der Waals surface area (Å²) in [5, 5.41) is 14.8. The number of benzene rings is 1. The van der Waals surface area contributed by atoms with Gasteiger partial charge in [-0.15, -0.1) is 5.10 Å². The van der Waals surface area contributed by atoms with E-state index in [4.69, 9.17) is 19.6 Å². The summed E-state index contributed by atoms with van der Waals surface area (Å²) in [5.74, 6) is -0.496. The van der Waals surface area contributed by atoms with Crippen LogP contribution in [0.2, 0.25) is 0 Å². The third kappa shape index (κ3) is 2.81. The molecule has 1 aliphatic carbocycles. The Kier molecular flexibility index (Phi) is 4.60. The van der Waals surface area contributed by atoms with Gasteiger partial charge in [0.15, 0.2) is 11.5 Å². The van der Waals surface area contributed by atoms with E-state index >= 15 is 0 Å². The number of anilines is 1. The van der Waals surface area contributed by atoms with Gasteiger partial charge in [-0.05, 0) is 37.0 Å². The second-order valence-electron chi connectivity index (χ2n) is 10.5. The molecule has 4 fully saturated rings. The van der Waals surface area contributed by atoms with Crippen molar-refractivity contribution in [1.82, 2.24) is 14.6 Å². The van der Waals surface area contributed by atoms with Crippen LogP contribution in [-0.4, -0.2) is 59.1 Å². The molecule has 178 valence electrons. The third-order valence-electron chi connectivity index (χ3n) is 8.35. The minimum Gasteiger partial charge on any atom is -0.469 e. The minimum atomic E-state index is -0.937. The van der Waals surface area contributed by atoms with E-state index in [1.807, 2.05) is 17.6 Å². The van der Waals surface area contributed by atoms with Crippen molar-refractivity contribution < 1.29 is 19.4 Å². The lowest BCUT2D eigenvalue weighted by molar-refractivity contribution is -0.177. The van der Waals surface area contributed by atoms with Crippen molar-refractivity contribution in [2.24, 2.45) is 11.3 Å². The molecule has 3 aliphatic heterocycles. The normalized spacial score (nSPS) is 32.2.